The summed E-state index contributed by atoms with van der Waals surface area (Å²) in [5.74, 6) is -0.734. The number of carbonyl (C=O) groups excluding carboxylic acids is 1. The van der Waals surface area contributed by atoms with Crippen molar-refractivity contribution < 1.29 is 9.90 Å². The third-order valence-corrected chi connectivity index (χ3v) is 3.87. The number of hydrogen-bond acceptors (Lipinski definition) is 3. The molecule has 2 rings (SSSR count). The van der Waals surface area contributed by atoms with E-state index in [1.54, 1.807) is 27.0 Å². The largest absolute Gasteiger partial charge is 0.507 e. The number of hydrogen-bond donors (Lipinski definition) is 1. The highest BCUT2D eigenvalue weighted by molar-refractivity contribution is 6.08. The first kappa shape index (κ1) is 15.8. The number of aromatic nitrogens is 1. The quantitative estimate of drug-likeness (QED) is 0.700. The summed E-state index contributed by atoms with van der Waals surface area (Å²) < 4.78 is 1.38. The zero-order chi connectivity index (χ0) is 16.4. The van der Waals surface area contributed by atoms with Crippen LogP contribution in [-0.4, -0.2) is 15.5 Å². The average Bonchev–Trinajstić information content (AvgIpc) is 2.49. The maximum atomic E-state index is 12.3. The standard InChI is InChI=1S/C18H19NO3/c1-11-6-5-7-14(10-11)8-9-15(20)16-17(21)12(2)13(3)19(4)18(16)22/h5-10,21H,1-4H3/b9-8+. The molecule has 1 aromatic heterocycles. The van der Waals surface area contributed by atoms with E-state index in [1.165, 1.54) is 10.6 Å². The summed E-state index contributed by atoms with van der Waals surface area (Å²) in [6.07, 6.45) is 2.96. The van der Waals surface area contributed by atoms with Gasteiger partial charge in [-0.25, -0.2) is 0 Å². The lowest BCUT2D eigenvalue weighted by atomic mass is 10.0. The second kappa shape index (κ2) is 6.02. The smallest absolute Gasteiger partial charge is 0.265 e. The van der Waals surface area contributed by atoms with E-state index in [4.69, 9.17) is 0 Å². The maximum absolute atomic E-state index is 12.3. The predicted molar refractivity (Wildman–Crippen MR) is 87.4 cm³/mol. The Morgan fingerprint density at radius 1 is 1.23 bits per heavy atom. The minimum absolute atomic E-state index is 0.186. The van der Waals surface area contributed by atoms with Gasteiger partial charge in [0.2, 0.25) is 0 Å². The molecule has 1 aromatic carbocycles. The van der Waals surface area contributed by atoms with E-state index < -0.39 is 11.3 Å². The third-order valence-electron chi connectivity index (χ3n) is 3.87. The molecule has 0 fully saturated rings. The van der Waals surface area contributed by atoms with Gasteiger partial charge in [-0.1, -0.05) is 35.9 Å². The minimum atomic E-state index is -0.497. The van der Waals surface area contributed by atoms with Crippen LogP contribution < -0.4 is 5.56 Å². The lowest BCUT2D eigenvalue weighted by molar-refractivity contribution is 0.104. The van der Waals surface area contributed by atoms with Crippen LogP contribution in [-0.2, 0) is 7.05 Å². The predicted octanol–water partition coefficient (Wildman–Crippen LogP) is 2.91. The van der Waals surface area contributed by atoms with Gasteiger partial charge in [0.25, 0.3) is 5.56 Å². The molecular weight excluding hydrogens is 278 g/mol. The van der Waals surface area contributed by atoms with Gasteiger partial charge in [0.1, 0.15) is 11.3 Å². The molecule has 114 valence electrons. The van der Waals surface area contributed by atoms with Gasteiger partial charge in [-0.3, -0.25) is 9.59 Å². The molecule has 0 atom stereocenters. The maximum Gasteiger partial charge on any atom is 0.265 e. The fraction of sp³-hybridized carbons (Fsp3) is 0.222. The molecule has 4 heteroatoms. The minimum Gasteiger partial charge on any atom is -0.507 e. The number of ketones is 1. The number of pyridine rings is 1. The van der Waals surface area contributed by atoms with Crippen LogP contribution in [0, 0.1) is 20.8 Å². The molecule has 4 nitrogen and oxygen atoms in total. The van der Waals surface area contributed by atoms with Gasteiger partial charge < -0.3 is 9.67 Å². The van der Waals surface area contributed by atoms with Gasteiger partial charge in [-0.15, -0.1) is 0 Å². The number of carbonyl (C=O) groups is 1. The van der Waals surface area contributed by atoms with Gasteiger partial charge in [0.05, 0.1) is 0 Å². The van der Waals surface area contributed by atoms with Crippen molar-refractivity contribution in [1.29, 1.82) is 0 Å². The van der Waals surface area contributed by atoms with Crippen molar-refractivity contribution in [2.24, 2.45) is 7.05 Å². The molecule has 22 heavy (non-hydrogen) atoms. The number of allylic oxidation sites excluding steroid dienone is 1. The molecule has 0 aliphatic rings. The van der Waals surface area contributed by atoms with Crippen molar-refractivity contribution in [3.05, 3.63) is 68.6 Å². The van der Waals surface area contributed by atoms with Crippen molar-refractivity contribution >= 4 is 11.9 Å². The topological polar surface area (TPSA) is 59.3 Å². The zero-order valence-electron chi connectivity index (χ0n) is 13.2. The van der Waals surface area contributed by atoms with Crippen molar-refractivity contribution in [2.75, 3.05) is 0 Å². The van der Waals surface area contributed by atoms with E-state index in [1.807, 2.05) is 31.2 Å². The van der Waals surface area contributed by atoms with Crippen molar-refractivity contribution in [3.63, 3.8) is 0 Å². The molecule has 0 bridgehead atoms. The molecular formula is C18H19NO3. The lowest BCUT2D eigenvalue weighted by Gasteiger charge is -2.11. The van der Waals surface area contributed by atoms with E-state index >= 15 is 0 Å². The molecule has 0 saturated heterocycles. The van der Waals surface area contributed by atoms with Crippen LogP contribution in [0.1, 0.15) is 32.7 Å². The summed E-state index contributed by atoms with van der Waals surface area (Å²) in [6, 6.07) is 7.66. The Hall–Kier alpha value is -2.62. The van der Waals surface area contributed by atoms with Gasteiger partial charge >= 0.3 is 0 Å². The van der Waals surface area contributed by atoms with Crippen LogP contribution in [0.4, 0.5) is 0 Å². The van der Waals surface area contributed by atoms with Crippen LogP contribution in [0.25, 0.3) is 6.08 Å². The normalized spacial score (nSPS) is 11.1. The highest BCUT2D eigenvalue weighted by Gasteiger charge is 2.19. The van der Waals surface area contributed by atoms with Gasteiger partial charge in [-0.05, 0) is 32.4 Å². The number of benzene rings is 1. The lowest BCUT2D eigenvalue weighted by Crippen LogP contribution is -2.26. The summed E-state index contributed by atoms with van der Waals surface area (Å²) in [5.41, 5.74) is 2.46. The molecule has 2 aromatic rings. The summed E-state index contributed by atoms with van der Waals surface area (Å²) in [7, 11) is 1.59. The van der Waals surface area contributed by atoms with Crippen LogP contribution in [0.15, 0.2) is 35.1 Å². The monoisotopic (exact) mass is 297 g/mol. The van der Waals surface area contributed by atoms with Crippen molar-refractivity contribution in [3.8, 4) is 5.75 Å². The van der Waals surface area contributed by atoms with E-state index in [-0.39, 0.29) is 11.3 Å². The average molecular weight is 297 g/mol. The first-order valence-electron chi connectivity index (χ1n) is 7.01. The van der Waals surface area contributed by atoms with E-state index in [9.17, 15) is 14.7 Å². The summed E-state index contributed by atoms with van der Waals surface area (Å²) >= 11 is 0. The Balaban J connectivity index is 2.45. The SMILES string of the molecule is Cc1cccc(/C=C/C(=O)c2c(O)c(C)c(C)n(C)c2=O)c1. The van der Waals surface area contributed by atoms with E-state index in [2.05, 4.69) is 0 Å². The van der Waals surface area contributed by atoms with E-state index in [0.717, 1.165) is 11.1 Å². The van der Waals surface area contributed by atoms with Crippen LogP contribution in [0.3, 0.4) is 0 Å². The summed E-state index contributed by atoms with van der Waals surface area (Å²) in [4.78, 5) is 24.5. The number of aromatic hydroxyl groups is 1. The van der Waals surface area contributed by atoms with Crippen LogP contribution >= 0.6 is 0 Å². The zero-order valence-corrected chi connectivity index (χ0v) is 13.2. The number of aryl methyl sites for hydroxylation is 1. The van der Waals surface area contributed by atoms with Gasteiger partial charge in [0.15, 0.2) is 5.78 Å². The van der Waals surface area contributed by atoms with Crippen LogP contribution in [0.5, 0.6) is 5.75 Å². The molecule has 0 spiro atoms. The number of nitrogens with zero attached hydrogens (tertiary/aromatic N) is 1. The molecule has 0 radical (unpaired) electrons. The fourth-order valence-electron chi connectivity index (χ4n) is 2.28. The Morgan fingerprint density at radius 2 is 1.91 bits per heavy atom. The van der Waals surface area contributed by atoms with Gasteiger partial charge in [0, 0.05) is 18.3 Å². The molecule has 0 aliphatic carbocycles. The van der Waals surface area contributed by atoms with Crippen molar-refractivity contribution in [1.82, 2.24) is 4.57 Å². The highest BCUT2D eigenvalue weighted by atomic mass is 16.3. The van der Waals surface area contributed by atoms with E-state index in [0.29, 0.717) is 11.3 Å². The molecule has 1 N–H and O–H groups in total. The first-order valence-corrected chi connectivity index (χ1v) is 7.01. The third kappa shape index (κ3) is 2.86. The second-order valence-electron chi connectivity index (χ2n) is 5.41. The second-order valence-corrected chi connectivity index (χ2v) is 5.41. The highest BCUT2D eigenvalue weighted by Crippen LogP contribution is 2.22. The van der Waals surface area contributed by atoms with Crippen LogP contribution in [0.2, 0.25) is 0 Å². The molecule has 0 saturated carbocycles. The molecule has 0 aliphatic heterocycles. The Morgan fingerprint density at radius 3 is 2.55 bits per heavy atom. The summed E-state index contributed by atoms with van der Waals surface area (Å²) in [5, 5.41) is 10.1. The van der Waals surface area contributed by atoms with Crippen molar-refractivity contribution in [2.45, 2.75) is 20.8 Å². The molecule has 0 amide bonds. The summed E-state index contributed by atoms with van der Waals surface area (Å²) in [6.45, 7) is 5.38. The molecule has 0 unspecified atom stereocenters. The fourth-order valence-corrected chi connectivity index (χ4v) is 2.28. The first-order chi connectivity index (χ1) is 10.3. The molecule has 1 heterocycles. The Labute approximate surface area is 129 Å². The Bertz CT molecular complexity index is 829. The Kier molecular flexibility index (Phi) is 4.31. The van der Waals surface area contributed by atoms with Gasteiger partial charge in [-0.2, -0.15) is 0 Å². The number of rotatable bonds is 3.